The molecule has 28 heavy (non-hydrogen) atoms. The highest BCUT2D eigenvalue weighted by atomic mass is 31.2. The van der Waals surface area contributed by atoms with Gasteiger partial charge in [0.2, 0.25) is 0 Å². The Morgan fingerprint density at radius 3 is 2.32 bits per heavy atom. The number of fused-ring (bicyclic) bond motifs is 3. The van der Waals surface area contributed by atoms with Crippen molar-refractivity contribution >= 4 is 12.7 Å². The summed E-state index contributed by atoms with van der Waals surface area (Å²) in [5.41, 5.74) is 4.39. The van der Waals surface area contributed by atoms with Crippen molar-refractivity contribution in [1.82, 2.24) is 0 Å². The van der Waals surface area contributed by atoms with Crippen LogP contribution in [0, 0.1) is 6.92 Å². The molecule has 0 saturated carbocycles. The molecular formula is C24H25O3P. The van der Waals surface area contributed by atoms with E-state index in [1.807, 2.05) is 67.6 Å². The predicted octanol–water partition coefficient (Wildman–Crippen LogP) is 6.16. The number of phenolic OH excluding ortho intramolecular Hbond substituents is 1. The normalized spacial score (nSPS) is 18.1. The fourth-order valence-corrected chi connectivity index (χ4v) is 6.10. The van der Waals surface area contributed by atoms with Crippen molar-refractivity contribution in [2.45, 2.75) is 39.3 Å². The zero-order valence-corrected chi connectivity index (χ0v) is 17.6. The van der Waals surface area contributed by atoms with Crippen molar-refractivity contribution in [2.24, 2.45) is 0 Å². The van der Waals surface area contributed by atoms with Gasteiger partial charge in [0, 0.05) is 11.1 Å². The van der Waals surface area contributed by atoms with Gasteiger partial charge in [-0.3, -0.25) is 4.57 Å². The summed E-state index contributed by atoms with van der Waals surface area (Å²) in [7, 11) is -3.24. The summed E-state index contributed by atoms with van der Waals surface area (Å²) < 4.78 is 20.2. The van der Waals surface area contributed by atoms with Crippen LogP contribution in [0.4, 0.5) is 0 Å². The van der Waals surface area contributed by atoms with Crippen molar-refractivity contribution in [3.63, 3.8) is 0 Å². The summed E-state index contributed by atoms with van der Waals surface area (Å²) >= 11 is 0. The molecule has 144 valence electrons. The first-order valence-electron chi connectivity index (χ1n) is 9.50. The maximum absolute atomic E-state index is 14.1. The Bertz CT molecular complexity index is 1110. The van der Waals surface area contributed by atoms with Crippen molar-refractivity contribution in [3.05, 3.63) is 77.4 Å². The lowest BCUT2D eigenvalue weighted by molar-refractivity contribution is 0.459. The molecule has 1 heterocycles. The van der Waals surface area contributed by atoms with Gasteiger partial charge in [0.15, 0.2) is 0 Å². The number of benzene rings is 3. The van der Waals surface area contributed by atoms with Crippen molar-refractivity contribution in [2.75, 3.05) is 0 Å². The van der Waals surface area contributed by atoms with Crippen LogP contribution in [0.3, 0.4) is 0 Å². The number of rotatable bonds is 2. The van der Waals surface area contributed by atoms with E-state index in [0.29, 0.717) is 16.6 Å². The molecule has 3 nitrogen and oxygen atoms in total. The van der Waals surface area contributed by atoms with E-state index in [-0.39, 0.29) is 17.3 Å². The van der Waals surface area contributed by atoms with E-state index in [4.69, 9.17) is 4.52 Å². The number of hydrogen-bond donors (Lipinski definition) is 1. The molecule has 0 amide bonds. The van der Waals surface area contributed by atoms with Gasteiger partial charge in [-0.25, -0.2) is 0 Å². The minimum atomic E-state index is -3.24. The van der Waals surface area contributed by atoms with Crippen LogP contribution in [-0.2, 0) is 16.1 Å². The predicted molar refractivity (Wildman–Crippen MR) is 115 cm³/mol. The number of hydrogen-bond acceptors (Lipinski definition) is 3. The third kappa shape index (κ3) is 3.14. The maximum atomic E-state index is 14.1. The third-order valence-corrected chi connectivity index (χ3v) is 7.69. The largest absolute Gasteiger partial charge is 0.507 e. The minimum Gasteiger partial charge on any atom is -0.507 e. The van der Waals surface area contributed by atoms with Crippen LogP contribution >= 0.6 is 7.37 Å². The molecule has 0 radical (unpaired) electrons. The summed E-state index contributed by atoms with van der Waals surface area (Å²) in [5.74, 6) is 0.830. The molecule has 0 aromatic heterocycles. The highest BCUT2D eigenvalue weighted by Crippen LogP contribution is 2.57. The molecule has 3 aromatic carbocycles. The highest BCUT2D eigenvalue weighted by molar-refractivity contribution is 7.67. The fourth-order valence-electron chi connectivity index (χ4n) is 3.72. The SMILES string of the molecule is Cc1cc(C(C)(C)C)cc(CP2(=O)Oc3ccccc3-c3ccccc32)c1O. The maximum Gasteiger partial charge on any atom is 0.282 e. The van der Waals surface area contributed by atoms with Crippen LogP contribution in [0.2, 0.25) is 0 Å². The van der Waals surface area contributed by atoms with Gasteiger partial charge in [0.25, 0.3) is 7.37 Å². The Balaban J connectivity index is 1.85. The summed E-state index contributed by atoms with van der Waals surface area (Å²) in [6.45, 7) is 8.28. The van der Waals surface area contributed by atoms with Gasteiger partial charge in [-0.1, -0.05) is 69.3 Å². The van der Waals surface area contributed by atoms with Crippen molar-refractivity contribution < 1.29 is 14.2 Å². The fraction of sp³-hybridized carbons (Fsp3) is 0.250. The molecule has 0 saturated heterocycles. The van der Waals surface area contributed by atoms with Gasteiger partial charge in [0.1, 0.15) is 11.5 Å². The summed E-state index contributed by atoms with van der Waals surface area (Å²) in [4.78, 5) is 0. The molecular weight excluding hydrogens is 367 g/mol. The van der Waals surface area contributed by atoms with E-state index in [1.54, 1.807) is 0 Å². The second kappa shape index (κ2) is 6.53. The lowest BCUT2D eigenvalue weighted by Crippen LogP contribution is -2.19. The Hall–Kier alpha value is -2.51. The molecule has 0 aliphatic carbocycles. The average Bonchev–Trinajstić information content (AvgIpc) is 2.65. The second-order valence-corrected chi connectivity index (χ2v) is 10.8. The highest BCUT2D eigenvalue weighted by Gasteiger charge is 2.37. The molecule has 0 fully saturated rings. The van der Waals surface area contributed by atoms with E-state index in [1.165, 1.54) is 0 Å². The van der Waals surface area contributed by atoms with Gasteiger partial charge < -0.3 is 9.63 Å². The molecule has 4 heteroatoms. The number of aromatic hydroxyl groups is 1. The van der Waals surface area contributed by atoms with E-state index >= 15 is 0 Å². The van der Waals surface area contributed by atoms with Crippen LogP contribution in [0.15, 0.2) is 60.7 Å². The number of para-hydroxylation sites is 1. The molecule has 4 rings (SSSR count). The van der Waals surface area contributed by atoms with Crippen LogP contribution in [-0.4, -0.2) is 5.11 Å². The Labute approximate surface area is 166 Å². The quantitative estimate of drug-likeness (QED) is 0.531. The molecule has 1 unspecified atom stereocenters. The first-order chi connectivity index (χ1) is 13.2. The van der Waals surface area contributed by atoms with Crippen LogP contribution in [0.25, 0.3) is 11.1 Å². The molecule has 0 spiro atoms. The summed E-state index contributed by atoms with van der Waals surface area (Å²) in [5, 5.41) is 11.4. The number of aryl methyl sites for hydroxylation is 1. The topological polar surface area (TPSA) is 46.5 Å². The lowest BCUT2D eigenvalue weighted by Gasteiger charge is -2.29. The van der Waals surface area contributed by atoms with Gasteiger partial charge in [-0.15, -0.1) is 0 Å². The zero-order valence-electron chi connectivity index (χ0n) is 16.7. The van der Waals surface area contributed by atoms with Gasteiger partial charge >= 0.3 is 0 Å². The minimum absolute atomic E-state index is 0.0698. The number of phenols is 1. The Morgan fingerprint density at radius 2 is 1.61 bits per heavy atom. The zero-order chi connectivity index (χ0) is 20.1. The van der Waals surface area contributed by atoms with Gasteiger partial charge in [-0.05, 0) is 41.2 Å². The van der Waals surface area contributed by atoms with Crippen LogP contribution in [0.5, 0.6) is 11.5 Å². The second-order valence-electron chi connectivity index (χ2n) is 8.49. The van der Waals surface area contributed by atoms with E-state index in [2.05, 4.69) is 20.8 Å². The smallest absolute Gasteiger partial charge is 0.282 e. The Kier molecular flexibility index (Phi) is 4.39. The van der Waals surface area contributed by atoms with Crippen LogP contribution in [0.1, 0.15) is 37.5 Å². The summed E-state index contributed by atoms with van der Waals surface area (Å²) in [6, 6.07) is 19.4. The van der Waals surface area contributed by atoms with E-state index < -0.39 is 7.37 Å². The molecule has 1 aliphatic heterocycles. The van der Waals surface area contributed by atoms with Gasteiger partial charge in [0.05, 0.1) is 11.5 Å². The molecule has 3 aromatic rings. The average molecular weight is 392 g/mol. The molecule has 1 N–H and O–H groups in total. The lowest BCUT2D eigenvalue weighted by atomic mass is 9.85. The summed E-state index contributed by atoms with van der Waals surface area (Å²) in [6.07, 6.45) is 0.162. The first kappa shape index (κ1) is 18.8. The van der Waals surface area contributed by atoms with Crippen molar-refractivity contribution in [3.8, 4) is 22.6 Å². The van der Waals surface area contributed by atoms with Crippen LogP contribution < -0.4 is 9.83 Å². The molecule has 1 atom stereocenters. The van der Waals surface area contributed by atoms with Gasteiger partial charge in [-0.2, -0.15) is 0 Å². The monoisotopic (exact) mass is 392 g/mol. The molecule has 0 bridgehead atoms. The Morgan fingerprint density at radius 1 is 0.964 bits per heavy atom. The third-order valence-electron chi connectivity index (χ3n) is 5.32. The van der Waals surface area contributed by atoms with Crippen molar-refractivity contribution in [1.29, 1.82) is 0 Å². The van der Waals surface area contributed by atoms with E-state index in [9.17, 15) is 9.67 Å². The first-order valence-corrected chi connectivity index (χ1v) is 11.3. The van der Waals surface area contributed by atoms with E-state index in [0.717, 1.165) is 22.3 Å². The molecule has 1 aliphatic rings. The standard InChI is InChI=1S/C24H25O3P/c1-16-13-18(24(2,3)4)14-17(23(16)25)15-28(26)22-12-8-6-10-20(22)19-9-5-7-11-21(19)27-28/h5-14,25H,15H2,1-4H3.